The van der Waals surface area contributed by atoms with E-state index in [0.717, 1.165) is 17.0 Å². The van der Waals surface area contributed by atoms with E-state index in [1.54, 1.807) is 24.3 Å². The minimum atomic E-state index is -0.138. The lowest BCUT2D eigenvalue weighted by Crippen LogP contribution is -2.21. The quantitative estimate of drug-likeness (QED) is 0.742. The Morgan fingerprint density at radius 2 is 1.91 bits per heavy atom. The molecular weight excluding hydrogens is 312 g/mol. The van der Waals surface area contributed by atoms with Crippen LogP contribution in [0.15, 0.2) is 60.7 Å². The Labute approximate surface area is 141 Å². The Kier molecular flexibility index (Phi) is 6.06. The predicted octanol–water partition coefficient (Wildman–Crippen LogP) is 4.35. The summed E-state index contributed by atoms with van der Waals surface area (Å²) in [6.07, 6.45) is 0. The summed E-state index contributed by atoms with van der Waals surface area (Å²) < 4.78 is 5.51. The van der Waals surface area contributed by atoms with Gasteiger partial charge in [0, 0.05) is 16.4 Å². The van der Waals surface area contributed by atoms with Crippen molar-refractivity contribution in [2.24, 2.45) is 0 Å². The van der Waals surface area contributed by atoms with Gasteiger partial charge in [-0.25, -0.2) is 0 Å². The molecule has 2 N–H and O–H groups in total. The van der Waals surface area contributed by atoms with Crippen molar-refractivity contribution in [1.29, 1.82) is 0 Å². The van der Waals surface area contributed by atoms with Crippen LogP contribution in [0, 0.1) is 0 Å². The first-order valence-electron chi connectivity index (χ1n) is 7.19. The standard InChI is InChI=1S/C18H19ClN2O2/c1-13(2)12-23-17-8-6-15(7-9-17)21-18(22)11-20-16-5-3-4-14(19)10-16/h3-10,20H,1,11-12H2,2H3,(H,21,22). The van der Waals surface area contributed by atoms with Gasteiger partial charge in [0.15, 0.2) is 0 Å². The molecular formula is C18H19ClN2O2. The van der Waals surface area contributed by atoms with E-state index in [1.165, 1.54) is 0 Å². The number of amides is 1. The molecule has 0 atom stereocenters. The number of carbonyl (C=O) groups excluding carboxylic acids is 1. The van der Waals surface area contributed by atoms with Gasteiger partial charge < -0.3 is 15.4 Å². The second-order valence-electron chi connectivity index (χ2n) is 5.18. The fourth-order valence-electron chi connectivity index (χ4n) is 1.83. The summed E-state index contributed by atoms with van der Waals surface area (Å²) in [5, 5.41) is 6.46. The van der Waals surface area contributed by atoms with Crippen molar-refractivity contribution in [2.45, 2.75) is 6.92 Å². The number of benzene rings is 2. The summed E-state index contributed by atoms with van der Waals surface area (Å²) in [4.78, 5) is 11.9. The molecule has 2 aromatic rings. The van der Waals surface area contributed by atoms with Crippen molar-refractivity contribution in [2.75, 3.05) is 23.8 Å². The van der Waals surface area contributed by atoms with Crippen molar-refractivity contribution >= 4 is 28.9 Å². The number of rotatable bonds is 7. The molecule has 0 spiro atoms. The highest BCUT2D eigenvalue weighted by atomic mass is 35.5. The molecule has 0 unspecified atom stereocenters. The summed E-state index contributed by atoms with van der Waals surface area (Å²) in [6.45, 7) is 6.33. The Morgan fingerprint density at radius 1 is 1.17 bits per heavy atom. The molecule has 0 saturated heterocycles. The molecule has 0 bridgehead atoms. The first-order valence-corrected chi connectivity index (χ1v) is 7.57. The zero-order valence-corrected chi connectivity index (χ0v) is 13.7. The lowest BCUT2D eigenvalue weighted by Gasteiger charge is -2.09. The van der Waals surface area contributed by atoms with Gasteiger partial charge in [0.1, 0.15) is 12.4 Å². The smallest absolute Gasteiger partial charge is 0.243 e. The molecule has 0 fully saturated rings. The van der Waals surface area contributed by atoms with E-state index >= 15 is 0 Å². The summed E-state index contributed by atoms with van der Waals surface area (Å²) >= 11 is 5.89. The Bertz CT molecular complexity index is 684. The predicted molar refractivity (Wildman–Crippen MR) is 95.3 cm³/mol. The second-order valence-corrected chi connectivity index (χ2v) is 5.62. The molecule has 4 nitrogen and oxygen atoms in total. The monoisotopic (exact) mass is 330 g/mol. The van der Waals surface area contributed by atoms with E-state index in [2.05, 4.69) is 17.2 Å². The summed E-state index contributed by atoms with van der Waals surface area (Å²) in [5.74, 6) is 0.601. The molecule has 0 aliphatic carbocycles. The number of anilines is 2. The molecule has 23 heavy (non-hydrogen) atoms. The molecule has 2 rings (SSSR count). The van der Waals surface area contributed by atoms with Crippen LogP contribution in [-0.2, 0) is 4.79 Å². The number of ether oxygens (including phenoxy) is 1. The van der Waals surface area contributed by atoms with E-state index < -0.39 is 0 Å². The van der Waals surface area contributed by atoms with Gasteiger partial charge in [0.05, 0.1) is 6.54 Å². The van der Waals surface area contributed by atoms with E-state index in [-0.39, 0.29) is 12.5 Å². The van der Waals surface area contributed by atoms with E-state index in [9.17, 15) is 4.79 Å². The maximum absolute atomic E-state index is 11.9. The summed E-state index contributed by atoms with van der Waals surface area (Å²) in [7, 11) is 0. The van der Waals surface area contributed by atoms with Gasteiger partial charge in [-0.15, -0.1) is 0 Å². The molecule has 120 valence electrons. The minimum absolute atomic E-state index is 0.138. The largest absolute Gasteiger partial charge is 0.489 e. The third-order valence-corrected chi connectivity index (χ3v) is 3.14. The summed E-state index contributed by atoms with van der Waals surface area (Å²) in [5.41, 5.74) is 2.47. The summed E-state index contributed by atoms with van der Waals surface area (Å²) in [6, 6.07) is 14.4. The molecule has 2 aromatic carbocycles. The average Bonchev–Trinajstić information content (AvgIpc) is 2.52. The van der Waals surface area contributed by atoms with Crippen LogP contribution in [0.1, 0.15) is 6.92 Å². The molecule has 0 aliphatic rings. The van der Waals surface area contributed by atoms with E-state index in [1.807, 2.05) is 31.2 Å². The number of hydrogen-bond donors (Lipinski definition) is 2. The van der Waals surface area contributed by atoms with Gasteiger partial charge >= 0.3 is 0 Å². The Balaban J connectivity index is 1.81. The number of hydrogen-bond acceptors (Lipinski definition) is 3. The second kappa shape index (κ2) is 8.25. The highest BCUT2D eigenvalue weighted by Gasteiger charge is 2.03. The van der Waals surface area contributed by atoms with Crippen molar-refractivity contribution in [3.63, 3.8) is 0 Å². The zero-order valence-electron chi connectivity index (χ0n) is 12.9. The van der Waals surface area contributed by atoms with Crippen LogP contribution < -0.4 is 15.4 Å². The SMILES string of the molecule is C=C(C)COc1ccc(NC(=O)CNc2cccc(Cl)c2)cc1. The van der Waals surface area contributed by atoms with Gasteiger partial charge in [-0.3, -0.25) is 4.79 Å². The van der Waals surface area contributed by atoms with Crippen LogP contribution in [0.2, 0.25) is 5.02 Å². The van der Waals surface area contributed by atoms with E-state index in [0.29, 0.717) is 17.3 Å². The molecule has 5 heteroatoms. The van der Waals surface area contributed by atoms with Crippen LogP contribution in [0.5, 0.6) is 5.75 Å². The van der Waals surface area contributed by atoms with Gasteiger partial charge in [-0.1, -0.05) is 24.2 Å². The lowest BCUT2D eigenvalue weighted by molar-refractivity contribution is -0.114. The number of carbonyl (C=O) groups is 1. The normalized spacial score (nSPS) is 10.0. The van der Waals surface area contributed by atoms with Crippen LogP contribution in [0.25, 0.3) is 0 Å². The first-order chi connectivity index (χ1) is 11.0. The maximum Gasteiger partial charge on any atom is 0.243 e. The zero-order chi connectivity index (χ0) is 16.7. The van der Waals surface area contributed by atoms with Crippen LogP contribution in [0.4, 0.5) is 11.4 Å². The van der Waals surface area contributed by atoms with Crippen molar-refractivity contribution in [3.05, 3.63) is 65.7 Å². The van der Waals surface area contributed by atoms with Gasteiger partial charge in [0.2, 0.25) is 5.91 Å². The molecule has 0 heterocycles. The molecule has 0 saturated carbocycles. The van der Waals surface area contributed by atoms with Gasteiger partial charge in [0.25, 0.3) is 0 Å². The fraction of sp³-hybridized carbons (Fsp3) is 0.167. The van der Waals surface area contributed by atoms with Crippen LogP contribution >= 0.6 is 11.6 Å². The Hall–Kier alpha value is -2.46. The lowest BCUT2D eigenvalue weighted by atomic mass is 10.3. The number of nitrogens with one attached hydrogen (secondary N) is 2. The first kappa shape index (κ1) is 16.9. The Morgan fingerprint density at radius 3 is 2.57 bits per heavy atom. The average molecular weight is 331 g/mol. The van der Waals surface area contributed by atoms with Crippen molar-refractivity contribution in [3.8, 4) is 5.75 Å². The molecule has 0 aliphatic heterocycles. The van der Waals surface area contributed by atoms with Gasteiger partial charge in [-0.05, 0) is 55.0 Å². The fourth-order valence-corrected chi connectivity index (χ4v) is 2.02. The molecule has 0 radical (unpaired) electrons. The highest BCUT2D eigenvalue weighted by molar-refractivity contribution is 6.30. The highest BCUT2D eigenvalue weighted by Crippen LogP contribution is 2.17. The third kappa shape index (κ3) is 6.04. The van der Waals surface area contributed by atoms with Gasteiger partial charge in [-0.2, -0.15) is 0 Å². The van der Waals surface area contributed by atoms with Crippen molar-refractivity contribution in [1.82, 2.24) is 0 Å². The molecule has 1 amide bonds. The molecule has 0 aromatic heterocycles. The maximum atomic E-state index is 11.9. The minimum Gasteiger partial charge on any atom is -0.489 e. The van der Waals surface area contributed by atoms with Crippen LogP contribution in [-0.4, -0.2) is 19.1 Å². The topological polar surface area (TPSA) is 50.4 Å². The van der Waals surface area contributed by atoms with Crippen LogP contribution in [0.3, 0.4) is 0 Å². The van der Waals surface area contributed by atoms with E-state index in [4.69, 9.17) is 16.3 Å². The van der Waals surface area contributed by atoms with Crippen molar-refractivity contribution < 1.29 is 9.53 Å². The third-order valence-electron chi connectivity index (χ3n) is 2.90. The number of halogens is 1.